The van der Waals surface area contributed by atoms with Crippen molar-refractivity contribution in [2.75, 3.05) is 13.7 Å². The Morgan fingerprint density at radius 1 is 1.52 bits per heavy atom. The molecule has 2 rings (SSSR count). The van der Waals surface area contributed by atoms with Crippen LogP contribution in [0.2, 0.25) is 0 Å². The van der Waals surface area contributed by atoms with E-state index in [2.05, 4.69) is 0 Å². The third kappa shape index (κ3) is 4.19. The van der Waals surface area contributed by atoms with Gasteiger partial charge in [-0.2, -0.15) is 0 Å². The van der Waals surface area contributed by atoms with Crippen LogP contribution < -0.4 is 4.74 Å². The molecule has 9 nitrogen and oxygen atoms in total. The molecule has 1 unspecified atom stereocenters. The molecule has 1 aliphatic heterocycles. The number of carbonyl (C=O) groups is 2. The fraction of sp³-hybridized carbons (Fsp3) is 0.312. The fourth-order valence-electron chi connectivity index (χ4n) is 2.33. The minimum Gasteiger partial charge on any atom is -0.500 e. The Bertz CT molecular complexity index is 853. The Kier molecular flexibility index (Phi) is 6.39. The van der Waals surface area contributed by atoms with Crippen LogP contribution in [0.25, 0.3) is 6.08 Å². The van der Waals surface area contributed by atoms with Gasteiger partial charge in [-0.25, -0.2) is 4.79 Å². The van der Waals surface area contributed by atoms with Crippen LogP contribution in [-0.2, 0) is 14.3 Å². The Balaban J connectivity index is 2.39. The number of hydrogen-bond acceptors (Lipinski definition) is 9. The van der Waals surface area contributed by atoms with Crippen molar-refractivity contribution in [1.29, 1.82) is 0 Å². The lowest BCUT2D eigenvalue weighted by Crippen LogP contribution is -2.42. The van der Waals surface area contributed by atoms with E-state index in [-0.39, 0.29) is 27.1 Å². The summed E-state index contributed by atoms with van der Waals surface area (Å²) in [5.74, 6) is -1.81. The van der Waals surface area contributed by atoms with Gasteiger partial charge in [0, 0.05) is 6.07 Å². The first-order chi connectivity index (χ1) is 12.7. The zero-order valence-corrected chi connectivity index (χ0v) is 16.3. The Hall–Kier alpha value is -2.66. The van der Waals surface area contributed by atoms with E-state index in [0.717, 1.165) is 22.7 Å². The van der Waals surface area contributed by atoms with E-state index in [4.69, 9.17) is 21.7 Å². The molecule has 0 spiro atoms. The van der Waals surface area contributed by atoms with Gasteiger partial charge in [0.25, 0.3) is 5.91 Å². The first kappa shape index (κ1) is 20.6. The molecule has 144 valence electrons. The maximum absolute atomic E-state index is 12.6. The molecular formula is C16H16N2O7S2. The third-order valence-corrected chi connectivity index (χ3v) is 4.96. The second-order valence-electron chi connectivity index (χ2n) is 5.33. The van der Waals surface area contributed by atoms with Crippen LogP contribution in [0.1, 0.15) is 19.4 Å². The number of aromatic hydroxyl groups is 1. The predicted molar refractivity (Wildman–Crippen MR) is 102 cm³/mol. The highest BCUT2D eigenvalue weighted by molar-refractivity contribution is 8.26. The lowest BCUT2D eigenvalue weighted by Gasteiger charge is -2.21. The van der Waals surface area contributed by atoms with Crippen molar-refractivity contribution in [1.82, 2.24) is 4.90 Å². The van der Waals surface area contributed by atoms with Gasteiger partial charge < -0.3 is 14.6 Å². The van der Waals surface area contributed by atoms with Gasteiger partial charge in [0.05, 0.1) is 23.5 Å². The van der Waals surface area contributed by atoms with Crippen LogP contribution in [-0.4, -0.2) is 50.9 Å². The van der Waals surface area contributed by atoms with Crippen molar-refractivity contribution in [2.45, 2.75) is 19.9 Å². The van der Waals surface area contributed by atoms with Crippen LogP contribution in [0, 0.1) is 10.1 Å². The number of amides is 1. The predicted octanol–water partition coefficient (Wildman–Crippen LogP) is 2.46. The van der Waals surface area contributed by atoms with E-state index in [9.17, 15) is 24.8 Å². The summed E-state index contributed by atoms with van der Waals surface area (Å²) in [6, 6.07) is 1.56. The average Bonchev–Trinajstić information content (AvgIpc) is 2.89. The van der Waals surface area contributed by atoms with Gasteiger partial charge >= 0.3 is 11.7 Å². The summed E-state index contributed by atoms with van der Waals surface area (Å²) in [5, 5.41) is 20.9. The van der Waals surface area contributed by atoms with Crippen molar-refractivity contribution >= 4 is 51.9 Å². The molecule has 0 bridgehead atoms. The Morgan fingerprint density at radius 2 is 2.19 bits per heavy atom. The number of methoxy groups -OCH3 is 1. The molecule has 0 aliphatic carbocycles. The summed E-state index contributed by atoms with van der Waals surface area (Å²) in [6.07, 6.45) is 1.38. The van der Waals surface area contributed by atoms with Gasteiger partial charge in [0.15, 0.2) is 5.75 Å². The van der Waals surface area contributed by atoms with Crippen LogP contribution in [0.5, 0.6) is 11.5 Å². The molecule has 1 saturated heterocycles. The molecule has 0 radical (unpaired) electrons. The minimum absolute atomic E-state index is 0.106. The number of esters is 1. The number of carbonyl (C=O) groups excluding carboxylic acids is 2. The van der Waals surface area contributed by atoms with E-state index >= 15 is 0 Å². The van der Waals surface area contributed by atoms with Crippen molar-refractivity contribution < 1.29 is 29.1 Å². The van der Waals surface area contributed by atoms with E-state index in [1.807, 2.05) is 0 Å². The highest BCUT2D eigenvalue weighted by Crippen LogP contribution is 2.39. The summed E-state index contributed by atoms with van der Waals surface area (Å²) in [4.78, 5) is 36.2. The minimum atomic E-state index is -0.896. The van der Waals surface area contributed by atoms with Gasteiger partial charge in [-0.3, -0.25) is 19.8 Å². The molecule has 0 aromatic heterocycles. The first-order valence-electron chi connectivity index (χ1n) is 7.70. The van der Waals surface area contributed by atoms with Gasteiger partial charge in [-0.05, 0) is 31.6 Å². The van der Waals surface area contributed by atoms with E-state index < -0.39 is 34.3 Å². The molecule has 1 aromatic rings. The molecule has 27 heavy (non-hydrogen) atoms. The number of nitro groups is 1. The molecule has 1 heterocycles. The van der Waals surface area contributed by atoms with Crippen LogP contribution in [0.3, 0.4) is 0 Å². The van der Waals surface area contributed by atoms with Gasteiger partial charge in [-0.15, -0.1) is 0 Å². The largest absolute Gasteiger partial charge is 0.500 e. The van der Waals surface area contributed by atoms with Crippen molar-refractivity contribution in [3.63, 3.8) is 0 Å². The number of benzene rings is 1. The van der Waals surface area contributed by atoms with E-state index in [1.54, 1.807) is 6.92 Å². The van der Waals surface area contributed by atoms with Gasteiger partial charge in [0.2, 0.25) is 5.75 Å². The first-order valence-corrected chi connectivity index (χ1v) is 8.92. The van der Waals surface area contributed by atoms with Crippen LogP contribution in [0.4, 0.5) is 5.69 Å². The van der Waals surface area contributed by atoms with Crippen molar-refractivity contribution in [3.8, 4) is 11.5 Å². The lowest BCUT2D eigenvalue weighted by atomic mass is 10.1. The molecule has 11 heteroatoms. The van der Waals surface area contributed by atoms with Crippen LogP contribution >= 0.6 is 24.0 Å². The van der Waals surface area contributed by atoms with Crippen molar-refractivity contribution in [2.24, 2.45) is 0 Å². The van der Waals surface area contributed by atoms with Crippen LogP contribution in [0.15, 0.2) is 17.0 Å². The number of nitrogens with zero attached hydrogens (tertiary/aromatic N) is 2. The smallest absolute Gasteiger partial charge is 0.329 e. The molecule has 1 aliphatic rings. The maximum atomic E-state index is 12.6. The molecule has 1 atom stereocenters. The standard InChI is InChI=1S/C16H16N2O7S2/c1-4-25-15(21)8(2)17-14(20)12(27-16(17)26)7-9-5-10(18(22)23)13(19)11(6-9)24-3/h5-8,19H,4H2,1-3H3/b12-7-. The number of phenols is 1. The fourth-order valence-corrected chi connectivity index (χ4v) is 3.74. The topological polar surface area (TPSA) is 119 Å². The zero-order chi connectivity index (χ0) is 20.3. The van der Waals surface area contributed by atoms with Crippen molar-refractivity contribution in [3.05, 3.63) is 32.7 Å². The maximum Gasteiger partial charge on any atom is 0.329 e. The number of thiocarbonyl (C=S) groups is 1. The number of thioether (sulfide) groups is 1. The molecule has 1 aromatic carbocycles. The average molecular weight is 412 g/mol. The number of phenolic OH excluding ortho intramolecular Hbond substituents is 1. The summed E-state index contributed by atoms with van der Waals surface area (Å²) in [6.45, 7) is 3.32. The third-order valence-electron chi connectivity index (χ3n) is 3.63. The Labute approximate surface area is 164 Å². The summed E-state index contributed by atoms with van der Waals surface area (Å²) >= 11 is 6.13. The Morgan fingerprint density at radius 3 is 2.74 bits per heavy atom. The lowest BCUT2D eigenvalue weighted by molar-refractivity contribution is -0.386. The summed E-state index contributed by atoms with van der Waals surface area (Å²) < 4.78 is 10.0. The number of ether oxygens (including phenoxy) is 2. The van der Waals surface area contributed by atoms with Gasteiger partial charge in [0.1, 0.15) is 10.4 Å². The number of nitro benzene ring substituents is 1. The van der Waals surface area contributed by atoms with Gasteiger partial charge in [-0.1, -0.05) is 24.0 Å². The number of rotatable bonds is 6. The molecule has 0 saturated carbocycles. The second kappa shape index (κ2) is 8.35. The molecule has 1 N–H and O–H groups in total. The van der Waals surface area contributed by atoms with E-state index in [0.29, 0.717) is 0 Å². The molecular weight excluding hydrogens is 396 g/mol. The van der Waals surface area contributed by atoms with E-state index in [1.165, 1.54) is 26.2 Å². The zero-order valence-electron chi connectivity index (χ0n) is 14.6. The quantitative estimate of drug-likeness (QED) is 0.247. The SMILES string of the molecule is CCOC(=O)C(C)N1C(=O)/C(=C/c2cc(OC)c(O)c([N+](=O)[O-])c2)SC1=S. The number of hydrogen-bond donors (Lipinski definition) is 1. The highest BCUT2D eigenvalue weighted by atomic mass is 32.2. The summed E-state index contributed by atoms with van der Waals surface area (Å²) in [7, 11) is 1.25. The highest BCUT2D eigenvalue weighted by Gasteiger charge is 2.39. The summed E-state index contributed by atoms with van der Waals surface area (Å²) in [5.41, 5.74) is -0.295. The molecule has 1 fully saturated rings. The normalized spacial score (nSPS) is 16.6. The monoisotopic (exact) mass is 412 g/mol. The molecule has 1 amide bonds. The second-order valence-corrected chi connectivity index (χ2v) is 7.00.